The van der Waals surface area contributed by atoms with Crippen LogP contribution in [0.5, 0.6) is 0 Å². The summed E-state index contributed by atoms with van der Waals surface area (Å²) < 4.78 is 0. The summed E-state index contributed by atoms with van der Waals surface area (Å²) in [6.07, 6.45) is 4.55. The van der Waals surface area contributed by atoms with Crippen LogP contribution in [0.25, 0.3) is 0 Å². The second-order valence-electron chi connectivity index (χ2n) is 5.55. The molecule has 1 aromatic carbocycles. The molecule has 3 rings (SSSR count). The van der Waals surface area contributed by atoms with Crippen LogP contribution in [0.1, 0.15) is 33.5 Å². The number of pyridine rings is 1. The molecule has 7 nitrogen and oxygen atoms in total. The maximum Gasteiger partial charge on any atom is 0.271 e. The van der Waals surface area contributed by atoms with Crippen LogP contribution in [0, 0.1) is 0 Å². The smallest absolute Gasteiger partial charge is 0.271 e. The number of hydrogen-bond acceptors (Lipinski definition) is 6. The fourth-order valence-electron chi connectivity index (χ4n) is 2.21. The number of benzene rings is 1. The summed E-state index contributed by atoms with van der Waals surface area (Å²) in [6.45, 7) is 1.84. The first-order valence-electron chi connectivity index (χ1n) is 8.00. The molecule has 0 spiro atoms. The van der Waals surface area contributed by atoms with Crippen molar-refractivity contribution in [1.29, 1.82) is 0 Å². The van der Waals surface area contributed by atoms with Crippen LogP contribution in [-0.2, 0) is 6.54 Å². The lowest BCUT2D eigenvalue weighted by Crippen LogP contribution is -2.24. The molecule has 0 aliphatic rings. The van der Waals surface area contributed by atoms with Gasteiger partial charge in [-0.05, 0) is 43.3 Å². The van der Waals surface area contributed by atoms with E-state index in [4.69, 9.17) is 0 Å². The molecule has 2 aromatic heterocycles. The van der Waals surface area contributed by atoms with E-state index in [1.165, 1.54) is 19.3 Å². The molecule has 2 N–H and O–H groups in total. The van der Waals surface area contributed by atoms with Crippen LogP contribution < -0.4 is 10.6 Å². The van der Waals surface area contributed by atoms with E-state index >= 15 is 0 Å². The molecule has 0 unspecified atom stereocenters. The SMILES string of the molecule is CC(=O)c1ccc(Nc2cnc(C(=O)NCc3ccccn3)cn2)cc1. The average molecular weight is 347 g/mol. The molecule has 7 heteroatoms. The molecule has 0 aliphatic carbocycles. The Labute approximate surface area is 150 Å². The normalized spacial score (nSPS) is 10.2. The Bertz CT molecular complexity index is 893. The molecule has 2 heterocycles. The zero-order valence-corrected chi connectivity index (χ0v) is 14.1. The van der Waals surface area contributed by atoms with Crippen LogP contribution >= 0.6 is 0 Å². The van der Waals surface area contributed by atoms with Gasteiger partial charge in [0.05, 0.1) is 24.6 Å². The molecule has 0 saturated heterocycles. The van der Waals surface area contributed by atoms with Crippen molar-refractivity contribution in [2.45, 2.75) is 13.5 Å². The van der Waals surface area contributed by atoms with Crippen molar-refractivity contribution in [2.75, 3.05) is 5.32 Å². The Hall–Kier alpha value is -3.61. The maximum atomic E-state index is 12.1. The Kier molecular flexibility index (Phi) is 5.28. The van der Waals surface area contributed by atoms with Crippen LogP contribution in [0.4, 0.5) is 11.5 Å². The predicted molar refractivity (Wildman–Crippen MR) is 97.2 cm³/mol. The van der Waals surface area contributed by atoms with Gasteiger partial charge in [-0.15, -0.1) is 0 Å². The largest absolute Gasteiger partial charge is 0.345 e. The summed E-state index contributed by atoms with van der Waals surface area (Å²) >= 11 is 0. The van der Waals surface area contributed by atoms with Crippen molar-refractivity contribution in [1.82, 2.24) is 20.3 Å². The van der Waals surface area contributed by atoms with Crippen LogP contribution in [-0.4, -0.2) is 26.6 Å². The first-order valence-corrected chi connectivity index (χ1v) is 8.00. The third-order valence-corrected chi connectivity index (χ3v) is 3.60. The molecule has 0 bridgehead atoms. The van der Waals surface area contributed by atoms with Gasteiger partial charge in [-0.3, -0.25) is 14.6 Å². The molecular formula is C19H17N5O2. The highest BCUT2D eigenvalue weighted by Gasteiger charge is 2.08. The van der Waals surface area contributed by atoms with E-state index < -0.39 is 0 Å². The van der Waals surface area contributed by atoms with E-state index in [9.17, 15) is 9.59 Å². The fraction of sp³-hybridized carbons (Fsp3) is 0.105. The minimum atomic E-state index is -0.319. The van der Waals surface area contributed by atoms with Crippen molar-refractivity contribution in [3.63, 3.8) is 0 Å². The van der Waals surface area contributed by atoms with Crippen molar-refractivity contribution < 1.29 is 9.59 Å². The van der Waals surface area contributed by atoms with Crippen molar-refractivity contribution in [3.8, 4) is 0 Å². The quantitative estimate of drug-likeness (QED) is 0.666. The number of ketones is 1. The first kappa shape index (κ1) is 17.2. The third-order valence-electron chi connectivity index (χ3n) is 3.60. The second-order valence-corrected chi connectivity index (χ2v) is 5.55. The second kappa shape index (κ2) is 7.98. The van der Waals surface area contributed by atoms with E-state index in [0.717, 1.165) is 11.4 Å². The molecule has 0 saturated carbocycles. The summed E-state index contributed by atoms with van der Waals surface area (Å²) in [5, 5.41) is 5.81. The number of hydrogen-bond donors (Lipinski definition) is 2. The highest BCUT2D eigenvalue weighted by molar-refractivity contribution is 5.94. The predicted octanol–water partition coefficient (Wildman–Crippen LogP) is 2.75. The number of nitrogens with one attached hydrogen (secondary N) is 2. The zero-order valence-electron chi connectivity index (χ0n) is 14.1. The van der Waals surface area contributed by atoms with E-state index in [-0.39, 0.29) is 17.4 Å². The van der Waals surface area contributed by atoms with Gasteiger partial charge in [0, 0.05) is 17.4 Å². The number of rotatable bonds is 6. The molecular weight excluding hydrogens is 330 g/mol. The fourth-order valence-corrected chi connectivity index (χ4v) is 2.21. The minimum Gasteiger partial charge on any atom is -0.345 e. The van der Waals surface area contributed by atoms with Gasteiger partial charge in [0.15, 0.2) is 5.78 Å². The number of Topliss-reactive ketones (excluding diaryl/α,β-unsaturated/α-hetero) is 1. The number of anilines is 2. The molecule has 0 aliphatic heterocycles. The van der Waals surface area contributed by atoms with Crippen molar-refractivity contribution >= 4 is 23.2 Å². The lowest BCUT2D eigenvalue weighted by molar-refractivity contribution is 0.0944. The summed E-state index contributed by atoms with van der Waals surface area (Å²) in [6, 6.07) is 12.5. The lowest BCUT2D eigenvalue weighted by Gasteiger charge is -2.07. The Morgan fingerprint density at radius 1 is 0.962 bits per heavy atom. The molecule has 26 heavy (non-hydrogen) atoms. The van der Waals surface area contributed by atoms with E-state index in [1.54, 1.807) is 30.5 Å². The molecule has 130 valence electrons. The standard InChI is InChI=1S/C19H17N5O2/c1-13(25)14-5-7-15(8-6-14)24-18-12-21-17(11-22-18)19(26)23-10-16-4-2-3-9-20-16/h2-9,11-12H,10H2,1H3,(H,22,24)(H,23,26). The van der Waals surface area contributed by atoms with E-state index in [1.807, 2.05) is 18.2 Å². The van der Waals surface area contributed by atoms with Crippen LogP contribution in [0.2, 0.25) is 0 Å². The van der Waals surface area contributed by atoms with Gasteiger partial charge >= 0.3 is 0 Å². The lowest BCUT2D eigenvalue weighted by atomic mass is 10.1. The zero-order chi connectivity index (χ0) is 18.4. The average Bonchev–Trinajstić information content (AvgIpc) is 2.68. The number of nitrogens with zero attached hydrogens (tertiary/aromatic N) is 3. The van der Waals surface area contributed by atoms with Gasteiger partial charge in [0.25, 0.3) is 5.91 Å². The number of carbonyl (C=O) groups excluding carboxylic acids is 2. The molecule has 0 fully saturated rings. The van der Waals surface area contributed by atoms with Crippen molar-refractivity contribution in [2.24, 2.45) is 0 Å². The van der Waals surface area contributed by atoms with Gasteiger partial charge in [0.1, 0.15) is 11.5 Å². The Balaban J connectivity index is 1.59. The molecule has 0 atom stereocenters. The van der Waals surface area contributed by atoms with Gasteiger partial charge in [0.2, 0.25) is 0 Å². The Morgan fingerprint density at radius 2 is 1.77 bits per heavy atom. The maximum absolute atomic E-state index is 12.1. The third kappa shape index (κ3) is 4.47. The number of carbonyl (C=O) groups is 2. The van der Waals surface area contributed by atoms with Gasteiger partial charge < -0.3 is 10.6 Å². The highest BCUT2D eigenvalue weighted by Crippen LogP contribution is 2.15. The summed E-state index contributed by atoms with van der Waals surface area (Å²) in [5.41, 5.74) is 2.40. The molecule has 1 amide bonds. The summed E-state index contributed by atoms with van der Waals surface area (Å²) in [4.78, 5) is 35.8. The van der Waals surface area contributed by atoms with Crippen LogP contribution in [0.3, 0.4) is 0 Å². The molecule has 3 aromatic rings. The number of aromatic nitrogens is 3. The first-order chi connectivity index (χ1) is 12.6. The number of amides is 1. The topological polar surface area (TPSA) is 96.9 Å². The highest BCUT2D eigenvalue weighted by atomic mass is 16.1. The van der Waals surface area contributed by atoms with Crippen molar-refractivity contribution in [3.05, 3.63) is 78.0 Å². The van der Waals surface area contributed by atoms with Gasteiger partial charge in [-0.25, -0.2) is 9.97 Å². The molecule has 0 radical (unpaired) electrons. The van der Waals surface area contributed by atoms with Crippen LogP contribution in [0.15, 0.2) is 61.1 Å². The summed E-state index contributed by atoms with van der Waals surface area (Å²) in [7, 11) is 0. The van der Waals surface area contributed by atoms with Gasteiger partial charge in [-0.2, -0.15) is 0 Å². The minimum absolute atomic E-state index is 0.0115. The van der Waals surface area contributed by atoms with E-state index in [0.29, 0.717) is 17.9 Å². The Morgan fingerprint density at radius 3 is 2.38 bits per heavy atom. The van der Waals surface area contributed by atoms with E-state index in [2.05, 4.69) is 25.6 Å². The monoisotopic (exact) mass is 347 g/mol. The van der Waals surface area contributed by atoms with Gasteiger partial charge in [-0.1, -0.05) is 6.07 Å². The summed E-state index contributed by atoms with van der Waals surface area (Å²) in [5.74, 6) is 0.194.